The third-order valence-corrected chi connectivity index (χ3v) is 6.79. The summed E-state index contributed by atoms with van der Waals surface area (Å²) in [6.07, 6.45) is 5.71. The first-order valence-electron chi connectivity index (χ1n) is 13.0. The van der Waals surface area contributed by atoms with Gasteiger partial charge < -0.3 is 13.7 Å². The van der Waals surface area contributed by atoms with Gasteiger partial charge in [0, 0.05) is 29.2 Å². The average molecular weight is 526 g/mol. The summed E-state index contributed by atoms with van der Waals surface area (Å²) in [7, 11) is 0. The van der Waals surface area contributed by atoms with Crippen molar-refractivity contribution in [2.75, 3.05) is 6.61 Å². The molecule has 0 bridgehead atoms. The standard InChI is InChI=1S/C31H31N3O5/c1-20(2)24-12-11-21(3)16-28(24)39-15-7-13-33-18-22(25-9-4-5-10-27(25)33)17-26-29(35)32-31(37)34(30(26)36)19-23-8-6-14-38-23/h4-6,8-12,14,16-18,20H,7,13,15,19H2,1-3H3,(H,32,35,37)/b26-17-. The van der Waals surface area contributed by atoms with Crippen molar-refractivity contribution in [1.29, 1.82) is 0 Å². The van der Waals surface area contributed by atoms with Crippen LogP contribution in [0.3, 0.4) is 0 Å². The Morgan fingerprint density at radius 3 is 2.64 bits per heavy atom. The molecule has 8 heteroatoms. The maximum Gasteiger partial charge on any atom is 0.331 e. The molecule has 5 rings (SSSR count). The lowest BCUT2D eigenvalue weighted by molar-refractivity contribution is -0.130. The molecule has 1 aliphatic heterocycles. The normalized spacial score (nSPS) is 15.0. The molecule has 200 valence electrons. The van der Waals surface area contributed by atoms with Crippen LogP contribution in [-0.4, -0.2) is 33.9 Å². The van der Waals surface area contributed by atoms with Crippen molar-refractivity contribution < 1.29 is 23.5 Å². The molecule has 0 saturated carbocycles. The summed E-state index contributed by atoms with van der Waals surface area (Å²) in [5.74, 6) is 0.351. The van der Waals surface area contributed by atoms with E-state index in [0.29, 0.717) is 24.8 Å². The number of rotatable bonds is 9. The number of imide groups is 2. The first kappa shape index (κ1) is 26.0. The van der Waals surface area contributed by atoms with Crippen LogP contribution in [0.15, 0.2) is 77.0 Å². The predicted molar refractivity (Wildman–Crippen MR) is 148 cm³/mol. The fourth-order valence-electron chi connectivity index (χ4n) is 4.79. The number of urea groups is 1. The molecule has 1 fully saturated rings. The summed E-state index contributed by atoms with van der Waals surface area (Å²) in [4.78, 5) is 39.2. The van der Waals surface area contributed by atoms with Gasteiger partial charge in [0.2, 0.25) is 0 Å². The fraction of sp³-hybridized carbons (Fsp3) is 0.258. The second-order valence-electron chi connectivity index (χ2n) is 9.98. The van der Waals surface area contributed by atoms with Crippen molar-refractivity contribution in [3.05, 3.63) is 95.1 Å². The number of hydrogen-bond acceptors (Lipinski definition) is 5. The molecule has 0 aliphatic carbocycles. The molecule has 0 spiro atoms. The van der Waals surface area contributed by atoms with Crippen LogP contribution in [0.1, 0.15) is 48.6 Å². The molecule has 4 aromatic rings. The number of aryl methyl sites for hydroxylation is 2. The van der Waals surface area contributed by atoms with Crippen molar-refractivity contribution in [3.63, 3.8) is 0 Å². The van der Waals surface area contributed by atoms with E-state index in [1.165, 1.54) is 11.8 Å². The summed E-state index contributed by atoms with van der Waals surface area (Å²) in [5.41, 5.74) is 3.95. The van der Waals surface area contributed by atoms with E-state index in [4.69, 9.17) is 9.15 Å². The minimum Gasteiger partial charge on any atom is -0.493 e. The Hall–Kier alpha value is -4.59. The van der Waals surface area contributed by atoms with Gasteiger partial charge in [0.1, 0.15) is 17.1 Å². The first-order valence-corrected chi connectivity index (χ1v) is 13.0. The Morgan fingerprint density at radius 1 is 1.05 bits per heavy atom. The maximum absolute atomic E-state index is 13.2. The molecule has 0 atom stereocenters. The summed E-state index contributed by atoms with van der Waals surface area (Å²) in [6, 6.07) is 16.7. The van der Waals surface area contributed by atoms with Crippen molar-refractivity contribution in [3.8, 4) is 5.75 Å². The van der Waals surface area contributed by atoms with Gasteiger partial charge in [0.25, 0.3) is 11.8 Å². The van der Waals surface area contributed by atoms with E-state index in [1.54, 1.807) is 18.2 Å². The van der Waals surface area contributed by atoms with Crippen LogP contribution in [0.4, 0.5) is 4.79 Å². The van der Waals surface area contributed by atoms with Crippen molar-refractivity contribution in [2.45, 2.75) is 46.2 Å². The number of furan rings is 1. The van der Waals surface area contributed by atoms with Crippen LogP contribution in [0, 0.1) is 6.92 Å². The topological polar surface area (TPSA) is 93.8 Å². The fourth-order valence-corrected chi connectivity index (χ4v) is 4.79. The lowest BCUT2D eigenvalue weighted by atomic mass is 10.0. The van der Waals surface area contributed by atoms with Crippen molar-refractivity contribution in [2.24, 2.45) is 0 Å². The van der Waals surface area contributed by atoms with Crippen LogP contribution in [-0.2, 0) is 22.7 Å². The molecule has 1 aliphatic rings. The summed E-state index contributed by atoms with van der Waals surface area (Å²) in [6.45, 7) is 7.55. The van der Waals surface area contributed by atoms with Gasteiger partial charge in [0.05, 0.1) is 19.4 Å². The van der Waals surface area contributed by atoms with E-state index < -0.39 is 17.8 Å². The Morgan fingerprint density at radius 2 is 1.87 bits per heavy atom. The molecular formula is C31H31N3O5. The highest BCUT2D eigenvalue weighted by atomic mass is 16.5. The number of barbiturate groups is 1. The molecule has 4 amide bonds. The third kappa shape index (κ3) is 5.50. The van der Waals surface area contributed by atoms with Crippen LogP contribution in [0.2, 0.25) is 0 Å². The highest BCUT2D eigenvalue weighted by Gasteiger charge is 2.36. The van der Waals surface area contributed by atoms with Gasteiger partial charge >= 0.3 is 6.03 Å². The third-order valence-electron chi connectivity index (χ3n) is 6.79. The van der Waals surface area contributed by atoms with Crippen LogP contribution in [0.5, 0.6) is 5.75 Å². The minimum absolute atomic E-state index is 0.0660. The van der Waals surface area contributed by atoms with Gasteiger partial charge in [0.15, 0.2) is 0 Å². The summed E-state index contributed by atoms with van der Waals surface area (Å²) < 4.78 is 13.5. The molecule has 1 saturated heterocycles. The van der Waals surface area contributed by atoms with E-state index in [1.807, 2.05) is 30.5 Å². The highest BCUT2D eigenvalue weighted by molar-refractivity contribution is 6.31. The van der Waals surface area contributed by atoms with Gasteiger partial charge in [-0.25, -0.2) is 4.79 Å². The number of ether oxygens (including phenoxy) is 1. The number of amides is 4. The zero-order chi connectivity index (χ0) is 27.5. The molecule has 0 radical (unpaired) electrons. The molecular weight excluding hydrogens is 494 g/mol. The molecule has 2 aromatic carbocycles. The molecule has 2 aromatic heterocycles. The van der Waals surface area contributed by atoms with Crippen LogP contribution in [0.25, 0.3) is 17.0 Å². The van der Waals surface area contributed by atoms with Crippen molar-refractivity contribution >= 4 is 34.8 Å². The molecule has 1 N–H and O–H groups in total. The first-order chi connectivity index (χ1) is 18.8. The number of aromatic nitrogens is 1. The maximum atomic E-state index is 13.2. The minimum atomic E-state index is -0.768. The second kappa shape index (κ2) is 11.0. The van der Waals surface area contributed by atoms with Crippen LogP contribution < -0.4 is 10.1 Å². The summed E-state index contributed by atoms with van der Waals surface area (Å²) >= 11 is 0. The Kier molecular flexibility index (Phi) is 7.36. The second-order valence-corrected chi connectivity index (χ2v) is 9.98. The van der Waals surface area contributed by atoms with Crippen LogP contribution >= 0.6 is 0 Å². The molecule has 0 unspecified atom stereocenters. The van der Waals surface area contributed by atoms with Gasteiger partial charge in [-0.05, 0) is 60.7 Å². The smallest absolute Gasteiger partial charge is 0.331 e. The van der Waals surface area contributed by atoms with Crippen molar-refractivity contribution in [1.82, 2.24) is 14.8 Å². The zero-order valence-electron chi connectivity index (χ0n) is 22.3. The van der Waals surface area contributed by atoms with E-state index in [2.05, 4.69) is 48.9 Å². The average Bonchev–Trinajstić information content (AvgIpc) is 3.55. The van der Waals surface area contributed by atoms with E-state index in [9.17, 15) is 14.4 Å². The van der Waals surface area contributed by atoms with Gasteiger partial charge in [-0.15, -0.1) is 0 Å². The monoisotopic (exact) mass is 525 g/mol. The zero-order valence-corrected chi connectivity index (χ0v) is 22.3. The number of nitrogens with one attached hydrogen (secondary N) is 1. The predicted octanol–water partition coefficient (Wildman–Crippen LogP) is 5.80. The number of para-hydroxylation sites is 1. The SMILES string of the molecule is Cc1ccc(C(C)C)c(OCCCn2cc(/C=C3/C(=O)NC(=O)N(Cc4ccco4)C3=O)c3ccccc32)c1. The van der Waals surface area contributed by atoms with Gasteiger partial charge in [-0.3, -0.25) is 19.8 Å². The van der Waals surface area contributed by atoms with Gasteiger partial charge in [-0.2, -0.15) is 0 Å². The molecule has 39 heavy (non-hydrogen) atoms. The Bertz CT molecular complexity index is 1560. The number of carbonyl (C=O) groups is 3. The van der Waals surface area contributed by atoms with Gasteiger partial charge in [-0.1, -0.05) is 44.2 Å². The number of carbonyl (C=O) groups excluding carboxylic acids is 3. The van der Waals surface area contributed by atoms with E-state index in [-0.39, 0.29) is 12.1 Å². The lowest BCUT2D eigenvalue weighted by Crippen LogP contribution is -2.53. The Labute approximate surface area is 226 Å². The van der Waals surface area contributed by atoms with E-state index >= 15 is 0 Å². The number of benzene rings is 2. The Balaban J connectivity index is 1.35. The largest absolute Gasteiger partial charge is 0.493 e. The number of fused-ring (bicyclic) bond motifs is 1. The summed E-state index contributed by atoms with van der Waals surface area (Å²) in [5, 5.41) is 3.17. The lowest BCUT2D eigenvalue weighted by Gasteiger charge is -2.25. The molecule has 3 heterocycles. The number of nitrogens with zero attached hydrogens (tertiary/aromatic N) is 2. The highest BCUT2D eigenvalue weighted by Crippen LogP contribution is 2.28. The molecule has 8 nitrogen and oxygen atoms in total. The van der Waals surface area contributed by atoms with E-state index in [0.717, 1.165) is 39.1 Å². The number of hydrogen-bond donors (Lipinski definition) is 1. The quantitative estimate of drug-likeness (QED) is 0.169.